The second-order valence-corrected chi connectivity index (χ2v) is 3.36. The van der Waals surface area contributed by atoms with Crippen molar-refractivity contribution in [2.45, 2.75) is 19.3 Å². The summed E-state index contributed by atoms with van der Waals surface area (Å²) in [5.41, 5.74) is 0. The van der Waals surface area contributed by atoms with Crippen LogP contribution in [0.2, 0.25) is 0 Å². The number of hydrogen-bond acceptors (Lipinski definition) is 2. The van der Waals surface area contributed by atoms with E-state index in [1.54, 1.807) is 6.08 Å². The molecule has 1 fully saturated rings. The Morgan fingerprint density at radius 3 is 3.17 bits per heavy atom. The van der Waals surface area contributed by atoms with Crippen LogP contribution < -0.4 is 5.32 Å². The molecule has 1 aliphatic rings. The average molecular weight is 169 g/mol. The minimum absolute atomic E-state index is 0.695. The minimum atomic E-state index is 0.695. The van der Waals surface area contributed by atoms with Gasteiger partial charge < -0.3 is 10.1 Å². The molecular formula is C10H19NO. The van der Waals surface area contributed by atoms with E-state index in [2.05, 4.69) is 11.9 Å². The van der Waals surface area contributed by atoms with Crippen molar-refractivity contribution in [2.75, 3.05) is 26.3 Å². The third kappa shape index (κ3) is 3.88. The highest BCUT2D eigenvalue weighted by atomic mass is 16.5. The molecule has 1 atom stereocenters. The van der Waals surface area contributed by atoms with Crippen molar-refractivity contribution in [3.8, 4) is 0 Å². The van der Waals surface area contributed by atoms with E-state index < -0.39 is 0 Å². The fourth-order valence-corrected chi connectivity index (χ4v) is 1.59. The topological polar surface area (TPSA) is 21.3 Å². The summed E-state index contributed by atoms with van der Waals surface area (Å²) < 4.78 is 5.34. The lowest BCUT2D eigenvalue weighted by molar-refractivity contribution is 0.140. The van der Waals surface area contributed by atoms with Crippen LogP contribution in [0, 0.1) is 5.92 Å². The van der Waals surface area contributed by atoms with Gasteiger partial charge in [-0.25, -0.2) is 0 Å². The van der Waals surface area contributed by atoms with E-state index in [9.17, 15) is 0 Å². The molecule has 0 aromatic rings. The molecule has 0 aliphatic carbocycles. The quantitative estimate of drug-likeness (QED) is 0.498. The van der Waals surface area contributed by atoms with E-state index >= 15 is 0 Å². The van der Waals surface area contributed by atoms with E-state index in [4.69, 9.17) is 4.74 Å². The van der Waals surface area contributed by atoms with Gasteiger partial charge in [-0.15, -0.1) is 6.58 Å². The smallest absolute Gasteiger partial charge is 0.0644 e. The summed E-state index contributed by atoms with van der Waals surface area (Å²) in [7, 11) is 0. The average Bonchev–Trinajstić information content (AvgIpc) is 2.14. The maximum Gasteiger partial charge on any atom is 0.0644 e. The van der Waals surface area contributed by atoms with Gasteiger partial charge in [-0.2, -0.15) is 0 Å². The van der Waals surface area contributed by atoms with E-state index in [-0.39, 0.29) is 0 Å². The zero-order valence-corrected chi connectivity index (χ0v) is 7.72. The first-order valence-electron chi connectivity index (χ1n) is 4.83. The summed E-state index contributed by atoms with van der Waals surface area (Å²) >= 11 is 0. The molecule has 1 aliphatic heterocycles. The van der Waals surface area contributed by atoms with E-state index in [0.29, 0.717) is 6.61 Å². The van der Waals surface area contributed by atoms with Crippen LogP contribution in [0.25, 0.3) is 0 Å². The van der Waals surface area contributed by atoms with Crippen molar-refractivity contribution in [1.29, 1.82) is 0 Å². The predicted molar refractivity (Wildman–Crippen MR) is 51.2 cm³/mol. The first-order chi connectivity index (χ1) is 5.93. The zero-order chi connectivity index (χ0) is 8.65. The number of hydrogen-bond donors (Lipinski definition) is 1. The molecule has 1 heterocycles. The molecule has 0 saturated carbocycles. The third-order valence-corrected chi connectivity index (χ3v) is 2.31. The molecule has 0 aromatic carbocycles. The van der Waals surface area contributed by atoms with Crippen molar-refractivity contribution in [3.63, 3.8) is 0 Å². The molecule has 0 radical (unpaired) electrons. The molecular weight excluding hydrogens is 150 g/mol. The van der Waals surface area contributed by atoms with Gasteiger partial charge in [0.25, 0.3) is 0 Å². The highest BCUT2D eigenvalue weighted by molar-refractivity contribution is 4.69. The van der Waals surface area contributed by atoms with Crippen molar-refractivity contribution in [1.82, 2.24) is 5.32 Å². The Labute approximate surface area is 75.0 Å². The van der Waals surface area contributed by atoms with Gasteiger partial charge in [0.15, 0.2) is 0 Å². The van der Waals surface area contributed by atoms with Crippen LogP contribution in [0.4, 0.5) is 0 Å². The summed E-state index contributed by atoms with van der Waals surface area (Å²) in [4.78, 5) is 0. The van der Waals surface area contributed by atoms with Gasteiger partial charge in [0, 0.05) is 6.61 Å². The van der Waals surface area contributed by atoms with Crippen LogP contribution in [0.1, 0.15) is 19.3 Å². The summed E-state index contributed by atoms with van der Waals surface area (Å²) in [6.45, 7) is 7.57. The number of rotatable bonds is 5. The molecule has 0 aromatic heterocycles. The number of nitrogens with one attached hydrogen (secondary N) is 1. The van der Waals surface area contributed by atoms with E-state index in [1.807, 2.05) is 0 Å². The van der Waals surface area contributed by atoms with Crippen molar-refractivity contribution >= 4 is 0 Å². The Morgan fingerprint density at radius 2 is 2.50 bits per heavy atom. The predicted octanol–water partition coefficient (Wildman–Crippen LogP) is 1.58. The molecule has 0 bridgehead atoms. The van der Waals surface area contributed by atoms with Gasteiger partial charge in [-0.3, -0.25) is 0 Å². The maximum absolute atomic E-state index is 5.34. The second-order valence-electron chi connectivity index (χ2n) is 3.36. The third-order valence-electron chi connectivity index (χ3n) is 2.31. The monoisotopic (exact) mass is 169 g/mol. The molecule has 1 unspecified atom stereocenters. The van der Waals surface area contributed by atoms with Gasteiger partial charge in [-0.05, 0) is 38.3 Å². The SMILES string of the molecule is C=CCOCCC1CCCNC1. The van der Waals surface area contributed by atoms with Gasteiger partial charge in [0.05, 0.1) is 6.61 Å². The first kappa shape index (κ1) is 9.75. The Kier molecular flexibility index (Phi) is 5.04. The van der Waals surface area contributed by atoms with Crippen LogP contribution in [0.15, 0.2) is 12.7 Å². The van der Waals surface area contributed by atoms with Crippen LogP contribution >= 0.6 is 0 Å². The fraction of sp³-hybridized carbons (Fsp3) is 0.800. The molecule has 0 amide bonds. The normalized spacial score (nSPS) is 23.8. The van der Waals surface area contributed by atoms with Gasteiger partial charge in [-0.1, -0.05) is 6.08 Å². The van der Waals surface area contributed by atoms with Crippen LogP contribution in [-0.4, -0.2) is 26.3 Å². The molecule has 0 spiro atoms. The van der Waals surface area contributed by atoms with E-state index in [1.165, 1.54) is 32.4 Å². The minimum Gasteiger partial charge on any atom is -0.377 e. The molecule has 1 rings (SSSR count). The van der Waals surface area contributed by atoms with Crippen LogP contribution in [0.3, 0.4) is 0 Å². The lowest BCUT2D eigenvalue weighted by Crippen LogP contribution is -2.30. The first-order valence-corrected chi connectivity index (χ1v) is 4.83. The maximum atomic E-state index is 5.34. The molecule has 2 nitrogen and oxygen atoms in total. The second kappa shape index (κ2) is 6.21. The Morgan fingerprint density at radius 1 is 1.58 bits per heavy atom. The highest BCUT2D eigenvalue weighted by Crippen LogP contribution is 2.13. The van der Waals surface area contributed by atoms with Crippen molar-refractivity contribution in [2.24, 2.45) is 5.92 Å². The van der Waals surface area contributed by atoms with Gasteiger partial charge in [0.2, 0.25) is 0 Å². The Hall–Kier alpha value is -0.340. The van der Waals surface area contributed by atoms with Crippen molar-refractivity contribution < 1.29 is 4.74 Å². The molecule has 2 heteroatoms. The number of piperidine rings is 1. The van der Waals surface area contributed by atoms with Gasteiger partial charge >= 0.3 is 0 Å². The Balaban J connectivity index is 1.94. The number of ether oxygens (including phenoxy) is 1. The van der Waals surface area contributed by atoms with Crippen LogP contribution in [0.5, 0.6) is 0 Å². The molecule has 12 heavy (non-hydrogen) atoms. The molecule has 70 valence electrons. The molecule has 1 saturated heterocycles. The standard InChI is InChI=1S/C10H19NO/c1-2-7-12-8-5-10-4-3-6-11-9-10/h2,10-11H,1,3-9H2. The summed E-state index contributed by atoms with van der Waals surface area (Å²) in [5.74, 6) is 0.837. The van der Waals surface area contributed by atoms with Crippen molar-refractivity contribution in [3.05, 3.63) is 12.7 Å². The summed E-state index contributed by atoms with van der Waals surface area (Å²) in [5, 5.41) is 3.40. The molecule has 1 N–H and O–H groups in total. The largest absolute Gasteiger partial charge is 0.377 e. The Bertz CT molecular complexity index is 119. The van der Waals surface area contributed by atoms with Gasteiger partial charge in [0.1, 0.15) is 0 Å². The lowest BCUT2D eigenvalue weighted by atomic mass is 9.97. The van der Waals surface area contributed by atoms with E-state index in [0.717, 1.165) is 12.5 Å². The highest BCUT2D eigenvalue weighted by Gasteiger charge is 2.11. The summed E-state index contributed by atoms with van der Waals surface area (Å²) in [6.07, 6.45) is 5.69. The zero-order valence-electron chi connectivity index (χ0n) is 7.72. The summed E-state index contributed by atoms with van der Waals surface area (Å²) in [6, 6.07) is 0. The fourth-order valence-electron chi connectivity index (χ4n) is 1.59. The lowest BCUT2D eigenvalue weighted by Gasteiger charge is -2.22. The van der Waals surface area contributed by atoms with Crippen LogP contribution in [-0.2, 0) is 4.74 Å².